The molecule has 0 unspecified atom stereocenters. The van der Waals surface area contributed by atoms with Gasteiger partial charge in [-0.25, -0.2) is 4.79 Å². The lowest BCUT2D eigenvalue weighted by molar-refractivity contribution is -0.116. The van der Waals surface area contributed by atoms with Crippen molar-refractivity contribution < 1.29 is 14.0 Å². The van der Waals surface area contributed by atoms with E-state index in [9.17, 15) is 14.4 Å². The molecule has 2 amide bonds. The van der Waals surface area contributed by atoms with Crippen LogP contribution in [0, 0.1) is 12.3 Å². The van der Waals surface area contributed by atoms with Gasteiger partial charge in [-0.15, -0.1) is 6.42 Å². The van der Waals surface area contributed by atoms with E-state index in [2.05, 4.69) is 16.6 Å². The Kier molecular flexibility index (Phi) is 5.38. The van der Waals surface area contributed by atoms with Gasteiger partial charge in [0.05, 0.1) is 23.3 Å². The number of nitrogens with zero attached hydrogens (tertiary/aromatic N) is 1. The van der Waals surface area contributed by atoms with Gasteiger partial charge >= 0.3 is 5.76 Å². The fourth-order valence-electron chi connectivity index (χ4n) is 2.67. The van der Waals surface area contributed by atoms with Crippen molar-refractivity contribution in [3.05, 3.63) is 64.6 Å². The van der Waals surface area contributed by atoms with Crippen LogP contribution in [0.5, 0.6) is 0 Å². The minimum absolute atomic E-state index is 0.0454. The lowest BCUT2D eigenvalue weighted by Crippen LogP contribution is -2.26. The predicted octanol–water partition coefficient (Wildman–Crippen LogP) is 1.99. The number of para-hydroxylation sites is 3. The van der Waals surface area contributed by atoms with Gasteiger partial charge in [-0.3, -0.25) is 14.2 Å². The van der Waals surface area contributed by atoms with Gasteiger partial charge < -0.3 is 15.1 Å². The Bertz CT molecular complexity index is 1090. The molecule has 2 N–H and O–H groups in total. The first kappa shape index (κ1) is 18.0. The van der Waals surface area contributed by atoms with Gasteiger partial charge in [-0.05, 0) is 24.3 Å². The Balaban J connectivity index is 1.70. The maximum atomic E-state index is 12.3. The number of rotatable bonds is 6. The van der Waals surface area contributed by atoms with Gasteiger partial charge in [0.25, 0.3) is 5.91 Å². The van der Waals surface area contributed by atoms with Gasteiger partial charge in [0, 0.05) is 13.0 Å². The second kappa shape index (κ2) is 8.06. The first-order valence-corrected chi connectivity index (χ1v) is 8.29. The molecule has 3 aromatic rings. The van der Waals surface area contributed by atoms with E-state index in [0.717, 1.165) is 0 Å². The number of carbonyl (C=O) groups excluding carboxylic acids is 2. The van der Waals surface area contributed by atoms with Crippen LogP contribution in [0.2, 0.25) is 0 Å². The summed E-state index contributed by atoms with van der Waals surface area (Å²) in [4.78, 5) is 36.4. The molecular formula is C20H17N3O4. The molecule has 3 rings (SSSR count). The Morgan fingerprint density at radius 2 is 1.85 bits per heavy atom. The van der Waals surface area contributed by atoms with Crippen LogP contribution in [0.1, 0.15) is 16.8 Å². The molecule has 1 heterocycles. The van der Waals surface area contributed by atoms with Crippen LogP contribution >= 0.6 is 0 Å². The normalized spacial score (nSPS) is 10.3. The van der Waals surface area contributed by atoms with Gasteiger partial charge in [0.2, 0.25) is 5.91 Å². The third-order valence-electron chi connectivity index (χ3n) is 3.93. The average Bonchev–Trinajstić information content (AvgIpc) is 3.00. The SMILES string of the molecule is C#CCNC(=O)c1ccccc1NC(=O)CCn1c(=O)oc2ccccc21. The number of aromatic nitrogens is 1. The molecule has 0 aliphatic carbocycles. The topological polar surface area (TPSA) is 93.3 Å². The van der Waals surface area contributed by atoms with Crippen LogP contribution in [0.15, 0.2) is 57.7 Å². The third kappa shape index (κ3) is 4.07. The summed E-state index contributed by atoms with van der Waals surface area (Å²) in [5.74, 6) is 1.10. The van der Waals surface area contributed by atoms with Gasteiger partial charge in [0.1, 0.15) is 0 Å². The summed E-state index contributed by atoms with van der Waals surface area (Å²) in [6, 6.07) is 13.6. The molecule has 0 atom stereocenters. The van der Waals surface area contributed by atoms with Crippen molar-refractivity contribution in [3.8, 4) is 12.3 Å². The molecule has 0 bridgehead atoms. The maximum absolute atomic E-state index is 12.3. The number of aryl methyl sites for hydroxylation is 1. The summed E-state index contributed by atoms with van der Waals surface area (Å²) in [6.45, 7) is 0.255. The van der Waals surface area contributed by atoms with Gasteiger partial charge in [-0.2, -0.15) is 0 Å². The first-order valence-electron chi connectivity index (χ1n) is 8.29. The van der Waals surface area contributed by atoms with Crippen molar-refractivity contribution in [1.29, 1.82) is 0 Å². The van der Waals surface area contributed by atoms with Crippen LogP contribution in [-0.4, -0.2) is 22.9 Å². The Morgan fingerprint density at radius 1 is 1.11 bits per heavy atom. The summed E-state index contributed by atoms with van der Waals surface area (Å²) in [5.41, 5.74) is 1.79. The molecule has 0 fully saturated rings. The molecule has 0 radical (unpaired) electrons. The summed E-state index contributed by atoms with van der Waals surface area (Å²) in [5, 5.41) is 5.26. The minimum atomic E-state index is -0.516. The van der Waals surface area contributed by atoms with Crippen LogP contribution < -0.4 is 16.4 Å². The molecule has 1 aromatic heterocycles. The Hall–Kier alpha value is -3.79. The number of anilines is 1. The number of oxazole rings is 1. The van der Waals surface area contributed by atoms with E-state index in [1.54, 1.807) is 48.5 Å². The van der Waals surface area contributed by atoms with E-state index >= 15 is 0 Å². The highest BCUT2D eigenvalue weighted by atomic mass is 16.4. The number of hydrogen-bond acceptors (Lipinski definition) is 4. The lowest BCUT2D eigenvalue weighted by Gasteiger charge is -2.10. The number of carbonyl (C=O) groups is 2. The fourth-order valence-corrected chi connectivity index (χ4v) is 2.67. The summed E-state index contributed by atoms with van der Waals surface area (Å²) >= 11 is 0. The average molecular weight is 363 g/mol. The maximum Gasteiger partial charge on any atom is 0.419 e. The molecule has 136 valence electrons. The zero-order valence-corrected chi connectivity index (χ0v) is 14.4. The number of hydrogen-bond donors (Lipinski definition) is 2. The van der Waals surface area contributed by atoms with E-state index in [1.165, 1.54) is 4.57 Å². The third-order valence-corrected chi connectivity index (χ3v) is 3.93. The molecule has 27 heavy (non-hydrogen) atoms. The second-order valence-electron chi connectivity index (χ2n) is 5.72. The van der Waals surface area contributed by atoms with Crippen molar-refractivity contribution in [3.63, 3.8) is 0 Å². The fraction of sp³-hybridized carbons (Fsp3) is 0.150. The molecule has 2 aromatic carbocycles. The summed E-state index contributed by atoms with van der Waals surface area (Å²) in [7, 11) is 0. The number of amides is 2. The lowest BCUT2D eigenvalue weighted by atomic mass is 10.1. The molecule has 0 saturated carbocycles. The highest BCUT2D eigenvalue weighted by Gasteiger charge is 2.14. The second-order valence-corrected chi connectivity index (χ2v) is 5.72. The number of fused-ring (bicyclic) bond motifs is 1. The zero-order chi connectivity index (χ0) is 19.2. The smallest absolute Gasteiger partial charge is 0.408 e. The van der Waals surface area contributed by atoms with E-state index in [0.29, 0.717) is 22.4 Å². The Labute approximate surface area is 155 Å². The van der Waals surface area contributed by atoms with E-state index in [1.807, 2.05) is 0 Å². The molecule has 7 nitrogen and oxygen atoms in total. The van der Waals surface area contributed by atoms with Crippen LogP contribution in [0.25, 0.3) is 11.1 Å². The van der Waals surface area contributed by atoms with E-state index in [-0.39, 0.29) is 31.3 Å². The molecule has 0 saturated heterocycles. The van der Waals surface area contributed by atoms with E-state index < -0.39 is 5.76 Å². The van der Waals surface area contributed by atoms with Gasteiger partial charge in [-0.1, -0.05) is 30.2 Å². The zero-order valence-electron chi connectivity index (χ0n) is 14.4. The monoisotopic (exact) mass is 363 g/mol. The molecule has 0 spiro atoms. The van der Waals surface area contributed by atoms with Gasteiger partial charge in [0.15, 0.2) is 5.58 Å². The highest BCUT2D eigenvalue weighted by Crippen LogP contribution is 2.16. The highest BCUT2D eigenvalue weighted by molar-refractivity contribution is 6.03. The van der Waals surface area contributed by atoms with E-state index in [4.69, 9.17) is 10.8 Å². The predicted molar refractivity (Wildman–Crippen MR) is 101 cm³/mol. The molecular weight excluding hydrogens is 346 g/mol. The van der Waals surface area contributed by atoms with Crippen molar-refractivity contribution >= 4 is 28.6 Å². The molecule has 0 aliphatic rings. The number of terminal acetylenes is 1. The molecule has 0 aliphatic heterocycles. The number of benzene rings is 2. The Morgan fingerprint density at radius 3 is 2.67 bits per heavy atom. The summed E-state index contributed by atoms with van der Waals surface area (Å²) < 4.78 is 6.55. The largest absolute Gasteiger partial charge is 0.419 e. The summed E-state index contributed by atoms with van der Waals surface area (Å²) in [6.07, 6.45) is 5.19. The number of nitrogens with one attached hydrogen (secondary N) is 2. The standard InChI is InChI=1S/C20H17N3O4/c1-2-12-21-19(25)14-7-3-4-8-15(14)22-18(24)11-13-23-16-9-5-6-10-17(16)27-20(23)26/h1,3-10H,11-13H2,(H,21,25)(H,22,24). The van der Waals surface area contributed by atoms with Crippen LogP contribution in [-0.2, 0) is 11.3 Å². The quantitative estimate of drug-likeness (QED) is 0.655. The molecule has 7 heteroatoms. The van der Waals surface area contributed by atoms with Crippen molar-refractivity contribution in [2.75, 3.05) is 11.9 Å². The van der Waals surface area contributed by atoms with Crippen molar-refractivity contribution in [2.24, 2.45) is 0 Å². The first-order chi connectivity index (χ1) is 13.1. The van der Waals surface area contributed by atoms with Crippen LogP contribution in [0.4, 0.5) is 5.69 Å². The van der Waals surface area contributed by atoms with Crippen molar-refractivity contribution in [1.82, 2.24) is 9.88 Å². The van der Waals surface area contributed by atoms with Crippen LogP contribution in [0.3, 0.4) is 0 Å². The van der Waals surface area contributed by atoms with Crippen molar-refractivity contribution in [2.45, 2.75) is 13.0 Å². The minimum Gasteiger partial charge on any atom is -0.408 e.